The lowest BCUT2D eigenvalue weighted by Crippen LogP contribution is -2.23. The number of ether oxygens (including phenoxy) is 2. The van der Waals surface area contributed by atoms with E-state index in [1.165, 1.54) is 0 Å². The molecule has 4 aromatic rings. The Kier molecular flexibility index (Phi) is 9.14. The first-order chi connectivity index (χ1) is 19.5. The Labute approximate surface area is 242 Å². The number of nitrogens with one attached hydrogen (secondary N) is 3. The molecule has 0 atom stereocenters. The van der Waals surface area contributed by atoms with Gasteiger partial charge < -0.3 is 25.4 Å². The number of methoxy groups -OCH3 is 1. The molecule has 0 aliphatic rings. The molecule has 0 fully saturated rings. The first kappa shape index (κ1) is 29.8. The van der Waals surface area contributed by atoms with Crippen molar-refractivity contribution >= 4 is 53.1 Å². The van der Waals surface area contributed by atoms with Crippen molar-refractivity contribution < 1.29 is 19.1 Å². The van der Waals surface area contributed by atoms with Crippen LogP contribution in [0.5, 0.6) is 17.2 Å². The molecule has 0 spiro atoms. The summed E-state index contributed by atoms with van der Waals surface area (Å²) in [7, 11) is 1.17. The molecule has 9 heteroatoms. The summed E-state index contributed by atoms with van der Waals surface area (Å²) >= 11 is 0. The summed E-state index contributed by atoms with van der Waals surface area (Å²) in [6.45, 7) is 12.6. The fourth-order valence-electron chi connectivity index (χ4n) is 4.33. The van der Waals surface area contributed by atoms with Gasteiger partial charge in [0.15, 0.2) is 0 Å². The van der Waals surface area contributed by atoms with E-state index >= 15 is 0 Å². The third-order valence-corrected chi connectivity index (χ3v) is 7.85. The number of amides is 3. The molecule has 0 unspecified atom stereocenters. The molecule has 0 radical (unpaired) electrons. The second-order valence-electron chi connectivity index (χ2n) is 10.8. The van der Waals surface area contributed by atoms with Crippen LogP contribution in [0, 0.1) is 0 Å². The molecule has 1 aromatic heterocycles. The molecule has 0 aliphatic heterocycles. The minimum atomic E-state index is -0.466. The maximum absolute atomic E-state index is 13.3. The third-order valence-electron chi connectivity index (χ3n) is 6.55. The van der Waals surface area contributed by atoms with Crippen LogP contribution >= 0.6 is 7.92 Å². The highest BCUT2D eigenvalue weighted by atomic mass is 31.1. The van der Waals surface area contributed by atoms with E-state index in [1.807, 2.05) is 42.5 Å². The lowest BCUT2D eigenvalue weighted by atomic mass is 9.86. The van der Waals surface area contributed by atoms with E-state index in [1.54, 1.807) is 32.4 Å². The summed E-state index contributed by atoms with van der Waals surface area (Å²) in [6.07, 6.45) is 1.94. The Morgan fingerprint density at radius 1 is 0.902 bits per heavy atom. The van der Waals surface area contributed by atoms with Crippen LogP contribution in [-0.4, -0.2) is 37.4 Å². The zero-order valence-electron chi connectivity index (χ0n) is 24.6. The molecule has 3 N–H and O–H groups in total. The van der Waals surface area contributed by atoms with Gasteiger partial charge in [-0.25, -0.2) is 9.78 Å². The number of benzene rings is 3. The van der Waals surface area contributed by atoms with Crippen LogP contribution in [0.1, 0.15) is 39.7 Å². The minimum absolute atomic E-state index is 0.0948. The Morgan fingerprint density at radius 3 is 2.27 bits per heavy atom. The first-order valence-corrected chi connectivity index (χ1v) is 15.7. The summed E-state index contributed by atoms with van der Waals surface area (Å²) < 4.78 is 11.9. The normalized spacial score (nSPS) is 11.3. The van der Waals surface area contributed by atoms with E-state index in [0.29, 0.717) is 40.9 Å². The largest absolute Gasteiger partial charge is 0.494 e. The quantitative estimate of drug-likeness (QED) is 0.188. The number of anilines is 3. The molecule has 214 valence electrons. The van der Waals surface area contributed by atoms with Crippen molar-refractivity contribution in [1.82, 2.24) is 4.98 Å². The maximum atomic E-state index is 13.3. The summed E-state index contributed by atoms with van der Waals surface area (Å²) in [6, 6.07) is 18.5. The SMILES string of the molecule is CCC(=O)Nc1cc(Oc2ccc(NC(=O)Nc3cc(C(C)(C)C)cc(P(C)C)c3OC)c3ccccc23)ccn1. The van der Waals surface area contributed by atoms with E-state index in [4.69, 9.17) is 9.47 Å². The Bertz CT molecular complexity index is 1580. The molecule has 4 rings (SSSR count). The van der Waals surface area contributed by atoms with Gasteiger partial charge in [0.1, 0.15) is 23.1 Å². The molecule has 3 aromatic carbocycles. The smallest absolute Gasteiger partial charge is 0.323 e. The van der Waals surface area contributed by atoms with Gasteiger partial charge in [0.05, 0.1) is 18.5 Å². The van der Waals surface area contributed by atoms with Gasteiger partial charge >= 0.3 is 6.03 Å². The summed E-state index contributed by atoms with van der Waals surface area (Å²) in [5, 5.41) is 11.5. The highest BCUT2D eigenvalue weighted by molar-refractivity contribution is 7.64. The number of carbonyl (C=O) groups excluding carboxylic acids is 2. The molecular weight excluding hydrogens is 535 g/mol. The van der Waals surface area contributed by atoms with Crippen molar-refractivity contribution in [2.45, 2.75) is 39.5 Å². The van der Waals surface area contributed by atoms with Crippen molar-refractivity contribution in [2.24, 2.45) is 0 Å². The van der Waals surface area contributed by atoms with Crippen molar-refractivity contribution in [3.63, 3.8) is 0 Å². The van der Waals surface area contributed by atoms with E-state index in [2.05, 4.69) is 61.1 Å². The van der Waals surface area contributed by atoms with Crippen LogP contribution in [0.25, 0.3) is 10.8 Å². The fourth-order valence-corrected chi connectivity index (χ4v) is 5.35. The molecule has 3 amide bonds. The zero-order chi connectivity index (χ0) is 29.7. The van der Waals surface area contributed by atoms with Gasteiger partial charge in [0.2, 0.25) is 5.91 Å². The molecule has 1 heterocycles. The highest BCUT2D eigenvalue weighted by Crippen LogP contribution is 2.39. The van der Waals surface area contributed by atoms with Crippen LogP contribution in [0.15, 0.2) is 66.9 Å². The fraction of sp³-hybridized carbons (Fsp3) is 0.281. The average Bonchev–Trinajstić information content (AvgIpc) is 2.93. The number of fused-ring (bicyclic) bond motifs is 1. The Balaban J connectivity index is 1.61. The van der Waals surface area contributed by atoms with Gasteiger partial charge in [-0.05, 0) is 54.6 Å². The van der Waals surface area contributed by atoms with Gasteiger partial charge in [0, 0.05) is 34.8 Å². The van der Waals surface area contributed by atoms with E-state index < -0.39 is 7.92 Å². The second kappa shape index (κ2) is 12.6. The van der Waals surface area contributed by atoms with Crippen molar-refractivity contribution in [2.75, 3.05) is 36.4 Å². The van der Waals surface area contributed by atoms with Crippen LogP contribution in [0.2, 0.25) is 0 Å². The number of carbonyl (C=O) groups is 2. The average molecular weight is 573 g/mol. The highest BCUT2D eigenvalue weighted by Gasteiger charge is 2.22. The van der Waals surface area contributed by atoms with Crippen molar-refractivity contribution in [1.29, 1.82) is 0 Å². The van der Waals surface area contributed by atoms with Crippen molar-refractivity contribution in [3.8, 4) is 17.2 Å². The standard InChI is InChI=1S/C32H37N4O4P/c1-8-29(37)36-28-19-21(15-16-33-28)40-26-14-13-24(22-11-9-10-12-23(22)26)34-31(38)35-25-17-20(32(2,3)4)18-27(41(6)7)30(25)39-5/h9-19H,8H2,1-7H3,(H,33,36,37)(H2,34,35,38). The zero-order valence-corrected chi connectivity index (χ0v) is 25.5. The molecule has 8 nitrogen and oxygen atoms in total. The lowest BCUT2D eigenvalue weighted by Gasteiger charge is -2.25. The molecular formula is C32H37N4O4P. The van der Waals surface area contributed by atoms with E-state index in [0.717, 1.165) is 21.6 Å². The van der Waals surface area contributed by atoms with Gasteiger partial charge in [-0.2, -0.15) is 0 Å². The Hall–Kier alpha value is -4.16. The molecule has 0 bridgehead atoms. The number of hydrogen-bond donors (Lipinski definition) is 3. The first-order valence-electron chi connectivity index (χ1n) is 13.4. The number of rotatable bonds is 8. The lowest BCUT2D eigenvalue weighted by molar-refractivity contribution is -0.115. The topological polar surface area (TPSA) is 102 Å². The summed E-state index contributed by atoms with van der Waals surface area (Å²) in [4.78, 5) is 29.3. The van der Waals surface area contributed by atoms with Gasteiger partial charge in [-0.1, -0.05) is 59.9 Å². The molecule has 0 saturated heterocycles. The number of hydrogen-bond acceptors (Lipinski definition) is 5. The van der Waals surface area contributed by atoms with Gasteiger partial charge in [-0.3, -0.25) is 4.79 Å². The number of nitrogens with zero attached hydrogens (tertiary/aromatic N) is 1. The monoisotopic (exact) mass is 572 g/mol. The third kappa shape index (κ3) is 7.14. The van der Waals surface area contributed by atoms with E-state index in [9.17, 15) is 9.59 Å². The Morgan fingerprint density at radius 2 is 1.61 bits per heavy atom. The number of pyridine rings is 1. The summed E-state index contributed by atoms with van der Waals surface area (Å²) in [5.41, 5.74) is 2.30. The second-order valence-corrected chi connectivity index (χ2v) is 13.1. The molecule has 41 heavy (non-hydrogen) atoms. The van der Waals surface area contributed by atoms with Crippen LogP contribution in [0.4, 0.5) is 22.0 Å². The predicted molar refractivity (Wildman–Crippen MR) is 170 cm³/mol. The predicted octanol–water partition coefficient (Wildman–Crippen LogP) is 7.69. The van der Waals surface area contributed by atoms with Crippen molar-refractivity contribution in [3.05, 3.63) is 72.4 Å². The maximum Gasteiger partial charge on any atom is 0.323 e. The van der Waals surface area contributed by atoms with E-state index in [-0.39, 0.29) is 17.4 Å². The molecule has 0 saturated carbocycles. The van der Waals surface area contributed by atoms with Gasteiger partial charge in [-0.15, -0.1) is 0 Å². The summed E-state index contributed by atoms with van der Waals surface area (Å²) in [5.74, 6) is 2.11. The van der Waals surface area contributed by atoms with Crippen LogP contribution in [0.3, 0.4) is 0 Å². The van der Waals surface area contributed by atoms with Crippen LogP contribution in [-0.2, 0) is 10.2 Å². The van der Waals surface area contributed by atoms with Gasteiger partial charge in [0.25, 0.3) is 0 Å². The number of aromatic nitrogens is 1. The number of urea groups is 1. The molecule has 0 aliphatic carbocycles. The van der Waals surface area contributed by atoms with Crippen LogP contribution < -0.4 is 30.7 Å². The minimum Gasteiger partial charge on any atom is -0.494 e.